The van der Waals surface area contributed by atoms with Crippen molar-refractivity contribution in [2.45, 2.75) is 24.5 Å². The highest BCUT2D eigenvalue weighted by atomic mass is 35.5. The number of hydrogen-bond donors (Lipinski definition) is 1. The Bertz CT molecular complexity index is 961. The fourth-order valence-corrected chi connectivity index (χ4v) is 4.85. The van der Waals surface area contributed by atoms with E-state index < -0.39 is 0 Å². The largest absolute Gasteiger partial charge is 0.366 e. The monoisotopic (exact) mass is 425 g/mol. The van der Waals surface area contributed by atoms with Crippen LogP contribution in [-0.2, 0) is 9.53 Å². The van der Waals surface area contributed by atoms with E-state index in [1.165, 1.54) is 0 Å². The number of nitrogens with one attached hydrogen (secondary N) is 1. The number of rotatable bonds is 2. The van der Waals surface area contributed by atoms with Gasteiger partial charge in [-0.3, -0.25) is 4.79 Å². The maximum absolute atomic E-state index is 12.9. The molecule has 2 atom stereocenters. The van der Waals surface area contributed by atoms with Gasteiger partial charge < -0.3 is 19.9 Å². The molecule has 0 aliphatic carbocycles. The first-order valence-corrected chi connectivity index (χ1v) is 10.8. The summed E-state index contributed by atoms with van der Waals surface area (Å²) in [6.45, 7) is 2.66. The quantitative estimate of drug-likeness (QED) is 0.804. The molecule has 5 rings (SSSR count). The second-order valence-corrected chi connectivity index (χ2v) is 8.66. The van der Waals surface area contributed by atoms with Crippen molar-refractivity contribution in [1.82, 2.24) is 15.1 Å². The number of carbonyl (C=O) groups is 2. The number of halogens is 1. The molecule has 2 aromatic carbocycles. The summed E-state index contributed by atoms with van der Waals surface area (Å²) in [5.74, 6) is 0.192. The summed E-state index contributed by atoms with van der Waals surface area (Å²) in [6.07, 6.45) is 0.769. The van der Waals surface area contributed by atoms with Crippen LogP contribution in [0.15, 0.2) is 48.5 Å². The van der Waals surface area contributed by atoms with E-state index >= 15 is 0 Å². The van der Waals surface area contributed by atoms with Crippen molar-refractivity contribution in [3.05, 3.63) is 59.1 Å². The lowest BCUT2D eigenvalue weighted by Crippen LogP contribution is -2.63. The van der Waals surface area contributed by atoms with Crippen LogP contribution in [0.4, 0.5) is 4.79 Å². The molecular weight excluding hydrogens is 402 g/mol. The van der Waals surface area contributed by atoms with Gasteiger partial charge in [-0.05, 0) is 23.6 Å². The molecule has 0 bridgehead atoms. The third-order valence-electron chi connectivity index (χ3n) is 6.30. The zero-order valence-electron chi connectivity index (χ0n) is 16.6. The Morgan fingerprint density at radius 1 is 1.07 bits per heavy atom. The van der Waals surface area contributed by atoms with Crippen molar-refractivity contribution >= 4 is 23.5 Å². The van der Waals surface area contributed by atoms with E-state index in [-0.39, 0.29) is 30.7 Å². The molecule has 1 N–H and O–H groups in total. The van der Waals surface area contributed by atoms with Crippen LogP contribution in [-0.4, -0.2) is 66.7 Å². The molecule has 6 nitrogen and oxygen atoms in total. The van der Waals surface area contributed by atoms with Gasteiger partial charge in [-0.25, -0.2) is 4.79 Å². The highest BCUT2D eigenvalue weighted by molar-refractivity contribution is 6.33. The molecular formula is C23H24ClN3O3. The van der Waals surface area contributed by atoms with Crippen molar-refractivity contribution in [3.63, 3.8) is 0 Å². The predicted octanol–water partition coefficient (Wildman–Crippen LogP) is 3.12. The van der Waals surface area contributed by atoms with Gasteiger partial charge in [0.25, 0.3) is 0 Å². The number of ether oxygens (including phenoxy) is 1. The first kappa shape index (κ1) is 19.4. The average Bonchev–Trinajstić information content (AvgIpc) is 2.73. The lowest BCUT2D eigenvalue weighted by molar-refractivity contribution is -0.139. The van der Waals surface area contributed by atoms with E-state index in [4.69, 9.17) is 16.3 Å². The number of amides is 3. The number of fused-ring (bicyclic) bond motifs is 1. The van der Waals surface area contributed by atoms with Crippen LogP contribution >= 0.6 is 11.6 Å². The summed E-state index contributed by atoms with van der Waals surface area (Å²) in [4.78, 5) is 28.2. The average molecular weight is 426 g/mol. The predicted molar refractivity (Wildman–Crippen MR) is 114 cm³/mol. The Hall–Kier alpha value is -2.57. The molecule has 3 fully saturated rings. The molecule has 3 aliphatic heterocycles. The van der Waals surface area contributed by atoms with Gasteiger partial charge in [0.1, 0.15) is 6.61 Å². The van der Waals surface area contributed by atoms with Gasteiger partial charge in [-0.15, -0.1) is 0 Å². The maximum Gasteiger partial charge on any atom is 0.320 e. The zero-order chi connectivity index (χ0) is 20.7. The van der Waals surface area contributed by atoms with Gasteiger partial charge in [-0.1, -0.05) is 54.1 Å². The minimum Gasteiger partial charge on any atom is -0.366 e. The molecule has 2 aromatic rings. The van der Waals surface area contributed by atoms with Gasteiger partial charge in [0.05, 0.1) is 12.1 Å². The molecule has 1 unspecified atom stereocenters. The van der Waals surface area contributed by atoms with Gasteiger partial charge in [0, 0.05) is 42.7 Å². The number of carbonyl (C=O) groups excluding carboxylic acids is 2. The summed E-state index contributed by atoms with van der Waals surface area (Å²) >= 11 is 6.55. The van der Waals surface area contributed by atoms with E-state index in [9.17, 15) is 9.59 Å². The lowest BCUT2D eigenvalue weighted by atomic mass is 9.90. The number of nitrogens with zero attached hydrogens (tertiary/aromatic N) is 2. The fraction of sp³-hybridized carbons (Fsp3) is 0.391. The van der Waals surface area contributed by atoms with Crippen LogP contribution < -0.4 is 5.32 Å². The van der Waals surface area contributed by atoms with Crippen LogP contribution in [0.3, 0.4) is 0 Å². The van der Waals surface area contributed by atoms with E-state index in [2.05, 4.69) is 17.4 Å². The van der Waals surface area contributed by atoms with Crippen LogP contribution in [0.2, 0.25) is 5.02 Å². The van der Waals surface area contributed by atoms with E-state index in [1.807, 2.05) is 46.2 Å². The van der Waals surface area contributed by atoms with Crippen LogP contribution in [0.5, 0.6) is 0 Å². The van der Waals surface area contributed by atoms with Crippen molar-refractivity contribution in [3.8, 4) is 11.1 Å². The molecule has 3 amide bonds. The van der Waals surface area contributed by atoms with Gasteiger partial charge >= 0.3 is 6.03 Å². The van der Waals surface area contributed by atoms with Crippen molar-refractivity contribution in [2.24, 2.45) is 0 Å². The smallest absolute Gasteiger partial charge is 0.320 e. The molecule has 3 heterocycles. The van der Waals surface area contributed by atoms with Crippen molar-refractivity contribution in [2.75, 3.05) is 32.8 Å². The molecule has 0 spiro atoms. The highest BCUT2D eigenvalue weighted by Crippen LogP contribution is 2.34. The standard InChI is InChI=1S/C23H24ClN3O3/c24-19-10-16(6-7-18(19)15-4-2-1-3-5-15)17-11-27(12-17)23(29)26-9-8-21-20(13-26)25-22(28)14-30-21/h1-7,10,17,20-21H,8-9,11-14H2,(H,25,28)/t20-,21?/m1/s1. The molecule has 0 aromatic heterocycles. The number of piperidine rings is 1. The number of urea groups is 1. The number of likely N-dealkylation sites (tertiary alicyclic amines) is 2. The SMILES string of the molecule is O=C1COC2CCN(C(=O)N3CC(c4ccc(-c5ccccc5)c(Cl)c4)C3)C[C@H]2N1. The summed E-state index contributed by atoms with van der Waals surface area (Å²) in [5, 5.41) is 3.68. The van der Waals surface area contributed by atoms with Crippen LogP contribution in [0.25, 0.3) is 11.1 Å². The summed E-state index contributed by atoms with van der Waals surface area (Å²) in [6, 6.07) is 16.2. The molecule has 0 saturated carbocycles. The number of benzene rings is 2. The van der Waals surface area contributed by atoms with Crippen LogP contribution in [0.1, 0.15) is 17.9 Å². The fourth-order valence-electron chi connectivity index (χ4n) is 4.56. The Morgan fingerprint density at radius 2 is 1.87 bits per heavy atom. The summed E-state index contributed by atoms with van der Waals surface area (Å²) in [5.41, 5.74) is 3.28. The summed E-state index contributed by atoms with van der Waals surface area (Å²) < 4.78 is 5.57. The van der Waals surface area contributed by atoms with Gasteiger partial charge in [-0.2, -0.15) is 0 Å². The molecule has 7 heteroatoms. The first-order chi connectivity index (χ1) is 14.6. The summed E-state index contributed by atoms with van der Waals surface area (Å²) in [7, 11) is 0. The zero-order valence-corrected chi connectivity index (χ0v) is 17.3. The Morgan fingerprint density at radius 3 is 2.63 bits per heavy atom. The Kier molecular flexibility index (Phi) is 5.13. The van der Waals surface area contributed by atoms with Crippen molar-refractivity contribution in [1.29, 1.82) is 0 Å². The van der Waals surface area contributed by atoms with E-state index in [0.717, 1.165) is 28.1 Å². The van der Waals surface area contributed by atoms with E-state index in [0.29, 0.717) is 32.1 Å². The Balaban J connectivity index is 1.20. The third-order valence-corrected chi connectivity index (χ3v) is 6.61. The molecule has 3 saturated heterocycles. The molecule has 156 valence electrons. The van der Waals surface area contributed by atoms with Crippen LogP contribution in [0, 0.1) is 0 Å². The number of hydrogen-bond acceptors (Lipinski definition) is 3. The normalized spacial score (nSPS) is 24.1. The second kappa shape index (κ2) is 7.93. The molecule has 30 heavy (non-hydrogen) atoms. The van der Waals surface area contributed by atoms with E-state index in [1.54, 1.807) is 0 Å². The molecule has 0 radical (unpaired) electrons. The highest BCUT2D eigenvalue weighted by Gasteiger charge is 2.40. The minimum atomic E-state index is -0.106. The number of morpholine rings is 1. The topological polar surface area (TPSA) is 61.9 Å². The van der Waals surface area contributed by atoms with Crippen molar-refractivity contribution < 1.29 is 14.3 Å². The van der Waals surface area contributed by atoms with Gasteiger partial charge in [0.15, 0.2) is 0 Å². The first-order valence-electron chi connectivity index (χ1n) is 10.4. The maximum atomic E-state index is 12.9. The third kappa shape index (κ3) is 3.66. The Labute approximate surface area is 180 Å². The van der Waals surface area contributed by atoms with Gasteiger partial charge in [0.2, 0.25) is 5.91 Å². The minimum absolute atomic E-state index is 0.0150. The molecule has 3 aliphatic rings. The lowest BCUT2D eigenvalue weighted by Gasteiger charge is -2.46. The second-order valence-electron chi connectivity index (χ2n) is 8.25.